The molecule has 2 aliphatic rings. The highest BCUT2D eigenvalue weighted by molar-refractivity contribution is 8.01. The Kier molecular flexibility index (Phi) is 6.60. The van der Waals surface area contributed by atoms with Crippen molar-refractivity contribution in [1.82, 2.24) is 4.31 Å². The fraction of sp³-hybridized carbons (Fsp3) is 0.391. The summed E-state index contributed by atoms with van der Waals surface area (Å²) in [4.78, 5) is 26.0. The van der Waals surface area contributed by atoms with Crippen LogP contribution in [0.25, 0.3) is 0 Å². The van der Waals surface area contributed by atoms with Gasteiger partial charge in [0.05, 0.1) is 15.8 Å². The third kappa shape index (κ3) is 4.69. The number of anilines is 2. The van der Waals surface area contributed by atoms with E-state index in [9.17, 15) is 18.0 Å². The highest BCUT2D eigenvalue weighted by atomic mass is 32.2. The van der Waals surface area contributed by atoms with Gasteiger partial charge in [0.25, 0.3) is 0 Å². The number of benzene rings is 2. The van der Waals surface area contributed by atoms with Crippen LogP contribution in [0.3, 0.4) is 0 Å². The van der Waals surface area contributed by atoms with Gasteiger partial charge in [-0.1, -0.05) is 18.6 Å². The Morgan fingerprint density at radius 1 is 1.09 bits per heavy atom. The largest absolute Gasteiger partial charge is 0.326 e. The molecule has 2 aliphatic heterocycles. The molecular weight excluding hydrogens is 446 g/mol. The summed E-state index contributed by atoms with van der Waals surface area (Å²) in [6, 6.07) is 13.6. The first-order valence-corrected chi connectivity index (χ1v) is 13.1. The molecule has 2 N–H and O–H groups in total. The van der Waals surface area contributed by atoms with Gasteiger partial charge in [0, 0.05) is 29.1 Å². The SMILES string of the molecule is C[C@@H]1CCC[C@@H](C)N1S(=O)(=O)c1ccc(NC(=O)C[C@@H]2Sc3ccccc3NC2=O)cc1. The van der Waals surface area contributed by atoms with Crippen LogP contribution >= 0.6 is 11.8 Å². The van der Waals surface area contributed by atoms with E-state index < -0.39 is 15.3 Å². The number of nitrogens with one attached hydrogen (secondary N) is 2. The first kappa shape index (κ1) is 22.8. The number of amides is 2. The first-order valence-electron chi connectivity index (χ1n) is 10.8. The molecule has 0 radical (unpaired) electrons. The van der Waals surface area contributed by atoms with Crippen LogP contribution in [-0.4, -0.2) is 41.9 Å². The van der Waals surface area contributed by atoms with E-state index in [0.717, 1.165) is 29.8 Å². The Balaban J connectivity index is 1.40. The summed E-state index contributed by atoms with van der Waals surface area (Å²) in [6.45, 7) is 3.89. The van der Waals surface area contributed by atoms with Crippen LogP contribution in [0.4, 0.5) is 11.4 Å². The summed E-state index contributed by atoms with van der Waals surface area (Å²) >= 11 is 1.37. The van der Waals surface area contributed by atoms with Gasteiger partial charge in [-0.3, -0.25) is 9.59 Å². The Hall–Kier alpha value is -2.36. The average molecular weight is 474 g/mol. The van der Waals surface area contributed by atoms with Gasteiger partial charge in [-0.2, -0.15) is 4.31 Å². The van der Waals surface area contributed by atoms with Crippen LogP contribution in [0.5, 0.6) is 0 Å². The quantitative estimate of drug-likeness (QED) is 0.682. The summed E-state index contributed by atoms with van der Waals surface area (Å²) in [5.74, 6) is -0.499. The second-order valence-electron chi connectivity index (χ2n) is 8.33. The van der Waals surface area contributed by atoms with E-state index in [2.05, 4.69) is 10.6 Å². The van der Waals surface area contributed by atoms with Crippen LogP contribution in [0, 0.1) is 0 Å². The molecule has 2 heterocycles. The minimum atomic E-state index is -3.60. The standard InChI is InChI=1S/C23H27N3O4S2/c1-15-6-5-7-16(2)26(15)32(29,30)18-12-10-17(11-13-18)24-22(27)14-21-23(28)25-19-8-3-4-9-20(19)31-21/h3-4,8-13,15-16,21H,5-7,14H2,1-2H3,(H,24,27)(H,25,28)/t15-,16-,21+/m1/s1. The molecule has 0 bridgehead atoms. The van der Waals surface area contributed by atoms with E-state index in [1.807, 2.05) is 38.1 Å². The molecule has 7 nitrogen and oxygen atoms in total. The molecule has 4 rings (SSSR count). The van der Waals surface area contributed by atoms with E-state index in [4.69, 9.17) is 0 Å². The number of sulfonamides is 1. The van der Waals surface area contributed by atoms with Gasteiger partial charge in [0.1, 0.15) is 0 Å². The molecule has 32 heavy (non-hydrogen) atoms. The lowest BCUT2D eigenvalue weighted by molar-refractivity contribution is -0.120. The van der Waals surface area contributed by atoms with Crippen molar-refractivity contribution in [2.45, 2.75) is 66.7 Å². The van der Waals surface area contributed by atoms with Crippen LogP contribution in [0.2, 0.25) is 0 Å². The first-order chi connectivity index (χ1) is 15.3. The molecule has 9 heteroatoms. The molecular formula is C23H27N3O4S2. The zero-order chi connectivity index (χ0) is 22.9. The molecule has 0 unspecified atom stereocenters. The third-order valence-electron chi connectivity index (χ3n) is 5.90. The van der Waals surface area contributed by atoms with Crippen molar-refractivity contribution in [3.05, 3.63) is 48.5 Å². The highest BCUT2D eigenvalue weighted by Gasteiger charge is 2.35. The summed E-state index contributed by atoms with van der Waals surface area (Å²) in [5.41, 5.74) is 1.25. The summed E-state index contributed by atoms with van der Waals surface area (Å²) in [6.07, 6.45) is 2.76. The lowest BCUT2D eigenvalue weighted by atomic mass is 10.0. The molecule has 1 saturated heterocycles. The number of rotatable bonds is 5. The number of piperidine rings is 1. The van der Waals surface area contributed by atoms with E-state index in [0.29, 0.717) is 5.69 Å². The maximum Gasteiger partial charge on any atom is 0.243 e. The van der Waals surface area contributed by atoms with Crippen molar-refractivity contribution in [2.75, 3.05) is 10.6 Å². The van der Waals surface area contributed by atoms with Gasteiger partial charge in [0.2, 0.25) is 21.8 Å². The highest BCUT2D eigenvalue weighted by Crippen LogP contribution is 2.36. The Labute approximate surface area is 193 Å². The van der Waals surface area contributed by atoms with Gasteiger partial charge >= 0.3 is 0 Å². The molecule has 0 spiro atoms. The van der Waals surface area contributed by atoms with E-state index in [-0.39, 0.29) is 35.2 Å². The second-order valence-corrected chi connectivity index (χ2v) is 11.4. The molecule has 2 amide bonds. The Morgan fingerprint density at radius 3 is 2.44 bits per heavy atom. The minimum absolute atomic E-state index is 0.0215. The van der Waals surface area contributed by atoms with Crippen LogP contribution in [0.15, 0.2) is 58.3 Å². The topological polar surface area (TPSA) is 95.6 Å². The lowest BCUT2D eigenvalue weighted by Crippen LogP contribution is -2.47. The van der Waals surface area contributed by atoms with Crippen molar-refractivity contribution >= 4 is 45.0 Å². The molecule has 0 aliphatic carbocycles. The fourth-order valence-corrected chi connectivity index (χ4v) is 7.30. The van der Waals surface area contributed by atoms with Crippen molar-refractivity contribution in [1.29, 1.82) is 0 Å². The smallest absolute Gasteiger partial charge is 0.243 e. The van der Waals surface area contributed by atoms with Gasteiger partial charge in [-0.25, -0.2) is 8.42 Å². The number of hydrogen-bond acceptors (Lipinski definition) is 5. The summed E-state index contributed by atoms with van der Waals surface area (Å²) in [7, 11) is -3.60. The van der Waals surface area contributed by atoms with Crippen molar-refractivity contribution in [3.8, 4) is 0 Å². The normalized spacial score (nSPS) is 23.8. The van der Waals surface area contributed by atoms with E-state index >= 15 is 0 Å². The molecule has 1 fully saturated rings. The predicted octanol–water partition coefficient (Wildman–Crippen LogP) is 4.08. The second kappa shape index (κ2) is 9.25. The number of carbonyl (C=O) groups is 2. The van der Waals surface area contributed by atoms with E-state index in [1.165, 1.54) is 23.9 Å². The maximum atomic E-state index is 13.1. The number of thioether (sulfide) groups is 1. The van der Waals surface area contributed by atoms with Crippen molar-refractivity contribution < 1.29 is 18.0 Å². The molecule has 0 saturated carbocycles. The Bertz CT molecular complexity index is 1110. The number of nitrogens with zero attached hydrogens (tertiary/aromatic N) is 1. The average Bonchev–Trinajstić information content (AvgIpc) is 2.74. The lowest BCUT2D eigenvalue weighted by Gasteiger charge is -2.37. The maximum absolute atomic E-state index is 13.1. The zero-order valence-corrected chi connectivity index (χ0v) is 19.7. The van der Waals surface area contributed by atoms with Crippen molar-refractivity contribution in [2.24, 2.45) is 0 Å². The number of hydrogen-bond donors (Lipinski definition) is 2. The molecule has 170 valence electrons. The molecule has 0 aromatic heterocycles. The summed E-state index contributed by atoms with van der Waals surface area (Å²) in [5, 5.41) is 5.08. The monoisotopic (exact) mass is 473 g/mol. The minimum Gasteiger partial charge on any atom is -0.326 e. The van der Waals surface area contributed by atoms with E-state index in [1.54, 1.807) is 16.4 Å². The molecule has 3 atom stereocenters. The van der Waals surface area contributed by atoms with Gasteiger partial charge < -0.3 is 10.6 Å². The zero-order valence-electron chi connectivity index (χ0n) is 18.1. The van der Waals surface area contributed by atoms with Gasteiger partial charge in [0.15, 0.2) is 0 Å². The predicted molar refractivity (Wildman–Crippen MR) is 126 cm³/mol. The fourth-order valence-electron chi connectivity index (χ4n) is 4.31. The molecule has 2 aromatic rings. The molecule has 2 aromatic carbocycles. The Morgan fingerprint density at radius 2 is 1.75 bits per heavy atom. The van der Waals surface area contributed by atoms with Crippen LogP contribution in [0.1, 0.15) is 39.5 Å². The van der Waals surface area contributed by atoms with Gasteiger partial charge in [-0.05, 0) is 63.1 Å². The van der Waals surface area contributed by atoms with Crippen molar-refractivity contribution in [3.63, 3.8) is 0 Å². The van der Waals surface area contributed by atoms with Crippen LogP contribution in [-0.2, 0) is 19.6 Å². The number of fused-ring (bicyclic) bond motifs is 1. The van der Waals surface area contributed by atoms with Gasteiger partial charge in [-0.15, -0.1) is 11.8 Å². The number of para-hydroxylation sites is 1. The third-order valence-corrected chi connectivity index (χ3v) is 9.32. The summed E-state index contributed by atoms with van der Waals surface area (Å²) < 4.78 is 27.9. The van der Waals surface area contributed by atoms with Crippen LogP contribution < -0.4 is 10.6 Å². The number of carbonyl (C=O) groups excluding carboxylic acids is 2.